The molecule has 0 unspecified atom stereocenters. The van der Waals surface area contributed by atoms with E-state index in [1.54, 1.807) is 0 Å². The predicted molar refractivity (Wildman–Crippen MR) is 68.4 cm³/mol. The second-order valence-corrected chi connectivity index (χ2v) is 5.38. The summed E-state index contributed by atoms with van der Waals surface area (Å²) < 4.78 is 0. The Labute approximate surface area is 108 Å². The van der Waals surface area contributed by atoms with Gasteiger partial charge in [-0.1, -0.05) is 33.1 Å². The fourth-order valence-electron chi connectivity index (χ4n) is 3.75. The van der Waals surface area contributed by atoms with E-state index in [2.05, 4.69) is 0 Å². The zero-order valence-corrected chi connectivity index (χ0v) is 11.3. The average Bonchev–Trinajstić information content (AvgIpc) is 2.36. The van der Waals surface area contributed by atoms with E-state index in [4.69, 9.17) is 0 Å². The molecule has 2 N–H and O–H groups in total. The van der Waals surface area contributed by atoms with Gasteiger partial charge in [0.2, 0.25) is 0 Å². The molecule has 1 fully saturated rings. The molecule has 18 heavy (non-hydrogen) atoms. The van der Waals surface area contributed by atoms with Gasteiger partial charge in [-0.2, -0.15) is 0 Å². The second-order valence-electron chi connectivity index (χ2n) is 5.38. The maximum absolute atomic E-state index is 11.4. The Kier molecular flexibility index (Phi) is 5.17. The lowest BCUT2D eigenvalue weighted by Gasteiger charge is -2.44. The molecule has 0 radical (unpaired) electrons. The lowest BCUT2D eigenvalue weighted by atomic mass is 9.59. The lowest BCUT2D eigenvalue weighted by molar-refractivity contribution is -0.165. The molecular weight excluding hydrogens is 232 g/mol. The quantitative estimate of drug-likeness (QED) is 0.716. The number of aliphatic carboxylic acids is 2. The molecule has 0 spiro atoms. The third-order valence-corrected chi connectivity index (χ3v) is 4.80. The van der Waals surface area contributed by atoms with E-state index in [0.29, 0.717) is 12.8 Å². The van der Waals surface area contributed by atoms with E-state index in [1.807, 2.05) is 13.8 Å². The molecule has 1 saturated carbocycles. The van der Waals surface area contributed by atoms with E-state index in [9.17, 15) is 19.8 Å². The van der Waals surface area contributed by atoms with Gasteiger partial charge in [-0.3, -0.25) is 9.59 Å². The molecule has 4 heteroatoms. The number of rotatable bonds is 6. The SMILES string of the molecule is CCC(CC)(C1CCCCC1)C(C(=O)O)C(=O)O. The molecule has 1 rings (SSSR count). The minimum absolute atomic E-state index is 0.235. The van der Waals surface area contributed by atoms with Crippen LogP contribution in [0.1, 0.15) is 58.8 Å². The summed E-state index contributed by atoms with van der Waals surface area (Å²) >= 11 is 0. The second kappa shape index (κ2) is 6.21. The van der Waals surface area contributed by atoms with E-state index in [1.165, 1.54) is 6.42 Å². The molecule has 4 nitrogen and oxygen atoms in total. The number of hydrogen-bond donors (Lipinski definition) is 2. The fraction of sp³-hybridized carbons (Fsp3) is 0.857. The summed E-state index contributed by atoms with van der Waals surface area (Å²) in [6.45, 7) is 3.86. The van der Waals surface area contributed by atoms with Gasteiger partial charge in [0.05, 0.1) is 0 Å². The van der Waals surface area contributed by atoms with Crippen molar-refractivity contribution in [2.45, 2.75) is 58.8 Å². The highest BCUT2D eigenvalue weighted by molar-refractivity contribution is 5.94. The van der Waals surface area contributed by atoms with Gasteiger partial charge in [0, 0.05) is 0 Å². The van der Waals surface area contributed by atoms with Crippen LogP contribution in [-0.4, -0.2) is 22.2 Å². The molecule has 0 aromatic rings. The van der Waals surface area contributed by atoms with Crippen LogP contribution in [0.4, 0.5) is 0 Å². The molecule has 0 atom stereocenters. The van der Waals surface area contributed by atoms with Crippen LogP contribution in [0, 0.1) is 17.3 Å². The monoisotopic (exact) mass is 256 g/mol. The molecule has 0 aromatic carbocycles. The molecule has 1 aliphatic carbocycles. The summed E-state index contributed by atoms with van der Waals surface area (Å²) in [6.07, 6.45) is 6.56. The summed E-state index contributed by atoms with van der Waals surface area (Å²) in [4.78, 5) is 22.7. The van der Waals surface area contributed by atoms with Gasteiger partial charge in [0.1, 0.15) is 0 Å². The standard InChI is InChI=1S/C14H24O4/c1-3-14(4-2,10-8-6-5-7-9-10)11(12(15)16)13(17)18/h10-11H,3-9H2,1-2H3,(H,15,16)(H,17,18). The van der Waals surface area contributed by atoms with Crippen LogP contribution in [0.25, 0.3) is 0 Å². The first-order chi connectivity index (χ1) is 8.49. The summed E-state index contributed by atoms with van der Waals surface area (Å²) in [6, 6.07) is 0. The molecular formula is C14H24O4. The zero-order chi connectivity index (χ0) is 13.8. The van der Waals surface area contributed by atoms with E-state index < -0.39 is 23.3 Å². The minimum atomic E-state index is -1.27. The number of carboxylic acid groups (broad SMARTS) is 2. The van der Waals surface area contributed by atoms with Crippen molar-refractivity contribution in [2.24, 2.45) is 17.3 Å². The third-order valence-electron chi connectivity index (χ3n) is 4.80. The van der Waals surface area contributed by atoms with Crippen molar-refractivity contribution in [1.82, 2.24) is 0 Å². The molecule has 0 aliphatic heterocycles. The Morgan fingerprint density at radius 2 is 1.50 bits per heavy atom. The summed E-state index contributed by atoms with van der Waals surface area (Å²) in [7, 11) is 0. The fourth-order valence-corrected chi connectivity index (χ4v) is 3.75. The highest BCUT2D eigenvalue weighted by Gasteiger charge is 2.50. The first kappa shape index (κ1) is 15.0. The average molecular weight is 256 g/mol. The Morgan fingerprint density at radius 3 is 1.83 bits per heavy atom. The third kappa shape index (κ3) is 2.68. The molecule has 0 heterocycles. The Hall–Kier alpha value is -1.06. The first-order valence-electron chi connectivity index (χ1n) is 6.95. The van der Waals surface area contributed by atoms with Gasteiger partial charge in [-0.25, -0.2) is 0 Å². The highest BCUT2D eigenvalue weighted by atomic mass is 16.4. The van der Waals surface area contributed by atoms with Crippen LogP contribution in [-0.2, 0) is 9.59 Å². The van der Waals surface area contributed by atoms with Crippen LogP contribution < -0.4 is 0 Å². The lowest BCUT2D eigenvalue weighted by Crippen LogP contribution is -2.46. The van der Waals surface area contributed by atoms with Gasteiger partial charge in [0.25, 0.3) is 0 Å². The van der Waals surface area contributed by atoms with Crippen LogP contribution in [0.5, 0.6) is 0 Å². The van der Waals surface area contributed by atoms with Crippen LogP contribution in [0.3, 0.4) is 0 Å². The van der Waals surface area contributed by atoms with Crippen molar-refractivity contribution in [3.8, 4) is 0 Å². The number of hydrogen-bond acceptors (Lipinski definition) is 2. The zero-order valence-electron chi connectivity index (χ0n) is 11.3. The van der Waals surface area contributed by atoms with E-state index in [-0.39, 0.29) is 5.92 Å². The van der Waals surface area contributed by atoms with Gasteiger partial charge in [-0.05, 0) is 37.0 Å². The normalized spacial score (nSPS) is 17.9. The number of carbonyl (C=O) groups is 2. The van der Waals surface area contributed by atoms with Crippen molar-refractivity contribution in [3.63, 3.8) is 0 Å². The van der Waals surface area contributed by atoms with Crippen molar-refractivity contribution in [3.05, 3.63) is 0 Å². The first-order valence-corrected chi connectivity index (χ1v) is 6.95. The Balaban J connectivity index is 3.09. The van der Waals surface area contributed by atoms with Crippen molar-refractivity contribution in [2.75, 3.05) is 0 Å². The van der Waals surface area contributed by atoms with E-state index in [0.717, 1.165) is 25.7 Å². The molecule has 104 valence electrons. The molecule has 0 saturated heterocycles. The smallest absolute Gasteiger partial charge is 0.318 e. The summed E-state index contributed by atoms with van der Waals surface area (Å²) in [5.41, 5.74) is -0.585. The molecule has 0 bridgehead atoms. The van der Waals surface area contributed by atoms with Gasteiger partial charge < -0.3 is 10.2 Å². The highest BCUT2D eigenvalue weighted by Crippen LogP contribution is 2.49. The molecule has 0 amide bonds. The number of carboxylic acids is 2. The van der Waals surface area contributed by atoms with Crippen molar-refractivity contribution < 1.29 is 19.8 Å². The predicted octanol–water partition coefficient (Wildman–Crippen LogP) is 3.16. The molecule has 1 aliphatic rings. The van der Waals surface area contributed by atoms with Crippen molar-refractivity contribution in [1.29, 1.82) is 0 Å². The Morgan fingerprint density at radius 1 is 1.06 bits per heavy atom. The van der Waals surface area contributed by atoms with E-state index >= 15 is 0 Å². The maximum atomic E-state index is 11.4. The van der Waals surface area contributed by atoms with Gasteiger partial charge in [-0.15, -0.1) is 0 Å². The van der Waals surface area contributed by atoms with Crippen LogP contribution in [0.15, 0.2) is 0 Å². The minimum Gasteiger partial charge on any atom is -0.481 e. The molecule has 0 aromatic heterocycles. The van der Waals surface area contributed by atoms with Crippen LogP contribution >= 0.6 is 0 Å². The topological polar surface area (TPSA) is 74.6 Å². The maximum Gasteiger partial charge on any atom is 0.318 e. The largest absolute Gasteiger partial charge is 0.481 e. The van der Waals surface area contributed by atoms with Crippen molar-refractivity contribution >= 4 is 11.9 Å². The summed E-state index contributed by atoms with van der Waals surface area (Å²) in [5.74, 6) is -3.40. The van der Waals surface area contributed by atoms with Gasteiger partial charge in [0.15, 0.2) is 5.92 Å². The van der Waals surface area contributed by atoms with Crippen LogP contribution in [0.2, 0.25) is 0 Å². The summed E-state index contributed by atoms with van der Waals surface area (Å²) in [5, 5.41) is 18.6. The Bertz CT molecular complexity index is 287. The van der Waals surface area contributed by atoms with Gasteiger partial charge >= 0.3 is 11.9 Å².